The number of hydrogen-bond donors (Lipinski definition) is 1. The van der Waals surface area contributed by atoms with Crippen molar-refractivity contribution in [3.63, 3.8) is 0 Å². The summed E-state index contributed by atoms with van der Waals surface area (Å²) in [7, 11) is 0. The Morgan fingerprint density at radius 2 is 1.47 bits per heavy atom. The molecule has 0 atom stereocenters. The standard InChI is InChI=1S/C30H30N6/c1-2-6-19(5-1)26-13-24(15-31-26)21-9-10-22-12-27(32-14-23(22)11-21)30-33-16-25(17-34-30)28-18-35-29(36-28)20-7-3-4-8-20/h9-12,14-20H,1-8,13H2,(H,35,36). The normalized spacial score (nSPS) is 18.8. The largest absolute Gasteiger partial charge is 0.342 e. The lowest BCUT2D eigenvalue weighted by Crippen LogP contribution is -2.08. The molecule has 3 aromatic heterocycles. The number of H-pyrrole nitrogens is 1. The van der Waals surface area contributed by atoms with Crippen molar-refractivity contribution >= 4 is 22.1 Å². The summed E-state index contributed by atoms with van der Waals surface area (Å²) in [5.74, 6) is 2.98. The lowest BCUT2D eigenvalue weighted by atomic mass is 9.94. The third-order valence-electron chi connectivity index (χ3n) is 8.21. The number of nitrogens with one attached hydrogen (secondary N) is 1. The smallest absolute Gasteiger partial charge is 0.178 e. The summed E-state index contributed by atoms with van der Waals surface area (Å²) in [5, 5.41) is 2.27. The number of nitrogens with zero attached hydrogens (tertiary/aromatic N) is 5. The molecule has 0 amide bonds. The molecular formula is C30H30N6. The van der Waals surface area contributed by atoms with E-state index in [0.29, 0.717) is 17.7 Å². The highest BCUT2D eigenvalue weighted by atomic mass is 14.9. The molecule has 2 saturated carbocycles. The fraction of sp³-hybridized carbons (Fsp3) is 0.367. The minimum absolute atomic E-state index is 0.563. The van der Waals surface area contributed by atoms with Crippen molar-refractivity contribution in [1.29, 1.82) is 0 Å². The summed E-state index contributed by atoms with van der Waals surface area (Å²) < 4.78 is 0. The second-order valence-electron chi connectivity index (χ2n) is 10.5. The zero-order valence-corrected chi connectivity index (χ0v) is 20.5. The highest BCUT2D eigenvalue weighted by Gasteiger charge is 2.24. The number of aromatic amines is 1. The molecule has 2 fully saturated rings. The number of pyridine rings is 1. The van der Waals surface area contributed by atoms with E-state index in [9.17, 15) is 0 Å². The predicted octanol–water partition coefficient (Wildman–Crippen LogP) is 7.12. The highest BCUT2D eigenvalue weighted by Crippen LogP contribution is 2.35. The Balaban J connectivity index is 1.08. The first-order valence-corrected chi connectivity index (χ1v) is 13.3. The van der Waals surface area contributed by atoms with Crippen molar-refractivity contribution in [2.75, 3.05) is 0 Å². The van der Waals surface area contributed by atoms with Gasteiger partial charge in [0.2, 0.25) is 0 Å². The van der Waals surface area contributed by atoms with Crippen LogP contribution in [0.1, 0.15) is 75.1 Å². The van der Waals surface area contributed by atoms with E-state index in [-0.39, 0.29) is 0 Å². The van der Waals surface area contributed by atoms with Crippen molar-refractivity contribution in [3.8, 4) is 22.8 Å². The third-order valence-corrected chi connectivity index (χ3v) is 8.21. The monoisotopic (exact) mass is 474 g/mol. The van der Waals surface area contributed by atoms with Crippen molar-refractivity contribution < 1.29 is 0 Å². The Kier molecular flexibility index (Phi) is 5.45. The summed E-state index contributed by atoms with van der Waals surface area (Å²) >= 11 is 0. The van der Waals surface area contributed by atoms with Gasteiger partial charge in [-0.25, -0.2) is 15.0 Å². The van der Waals surface area contributed by atoms with E-state index in [1.54, 1.807) is 0 Å². The Bertz CT molecular complexity index is 1470. The molecule has 4 aromatic rings. The molecule has 180 valence electrons. The minimum Gasteiger partial charge on any atom is -0.342 e. The van der Waals surface area contributed by atoms with Crippen LogP contribution in [0.5, 0.6) is 0 Å². The second kappa shape index (κ2) is 9.08. The van der Waals surface area contributed by atoms with E-state index in [0.717, 1.165) is 40.0 Å². The van der Waals surface area contributed by atoms with Gasteiger partial charge >= 0.3 is 0 Å². The summed E-state index contributed by atoms with van der Waals surface area (Å²) in [6.07, 6.45) is 21.0. The number of fused-ring (bicyclic) bond motifs is 1. The van der Waals surface area contributed by atoms with Gasteiger partial charge in [-0.1, -0.05) is 37.8 Å². The fourth-order valence-electron chi connectivity index (χ4n) is 6.09. The number of aliphatic imine (C=N–C) groups is 1. The molecule has 36 heavy (non-hydrogen) atoms. The second-order valence-corrected chi connectivity index (χ2v) is 10.5. The van der Waals surface area contributed by atoms with Crippen LogP contribution in [-0.4, -0.2) is 30.6 Å². The first kappa shape index (κ1) is 21.6. The van der Waals surface area contributed by atoms with Gasteiger partial charge in [-0.3, -0.25) is 9.98 Å². The first-order chi connectivity index (χ1) is 17.8. The number of benzene rings is 1. The summed E-state index contributed by atoms with van der Waals surface area (Å²) in [6, 6.07) is 8.68. The molecule has 1 aromatic carbocycles. The first-order valence-electron chi connectivity index (χ1n) is 13.3. The van der Waals surface area contributed by atoms with Gasteiger partial charge in [-0.05, 0) is 60.3 Å². The molecule has 6 nitrogen and oxygen atoms in total. The number of hydrogen-bond acceptors (Lipinski definition) is 5. The van der Waals surface area contributed by atoms with Crippen LogP contribution < -0.4 is 0 Å². The van der Waals surface area contributed by atoms with E-state index in [2.05, 4.69) is 55.4 Å². The molecule has 3 aliphatic rings. The van der Waals surface area contributed by atoms with Crippen LogP contribution in [0.25, 0.3) is 39.1 Å². The van der Waals surface area contributed by atoms with Gasteiger partial charge in [-0.2, -0.15) is 0 Å². The quantitative estimate of drug-likeness (QED) is 0.334. The zero-order chi connectivity index (χ0) is 23.9. The number of rotatable bonds is 5. The van der Waals surface area contributed by atoms with Gasteiger partial charge in [0.1, 0.15) is 11.5 Å². The van der Waals surface area contributed by atoms with Gasteiger partial charge in [0, 0.05) is 53.8 Å². The molecule has 7 rings (SSSR count). The van der Waals surface area contributed by atoms with Crippen LogP contribution in [0.2, 0.25) is 0 Å². The van der Waals surface area contributed by atoms with Crippen molar-refractivity contribution in [2.24, 2.45) is 10.9 Å². The van der Waals surface area contributed by atoms with E-state index in [1.165, 1.54) is 68.2 Å². The average Bonchev–Trinajstić information content (AvgIpc) is 3.75. The van der Waals surface area contributed by atoms with Gasteiger partial charge in [0.15, 0.2) is 5.82 Å². The van der Waals surface area contributed by atoms with Gasteiger partial charge in [-0.15, -0.1) is 0 Å². The molecule has 1 aliphatic heterocycles. The Morgan fingerprint density at radius 1 is 0.694 bits per heavy atom. The number of allylic oxidation sites excluding steroid dienone is 1. The molecule has 1 N–H and O–H groups in total. The fourth-order valence-corrected chi connectivity index (χ4v) is 6.09. The number of aromatic nitrogens is 5. The summed E-state index contributed by atoms with van der Waals surface area (Å²) in [4.78, 5) is 26.8. The minimum atomic E-state index is 0.563. The highest BCUT2D eigenvalue weighted by molar-refractivity contribution is 6.00. The van der Waals surface area contributed by atoms with E-state index in [4.69, 9.17) is 4.99 Å². The molecule has 4 heterocycles. The van der Waals surface area contributed by atoms with Gasteiger partial charge in [0.25, 0.3) is 0 Å². The van der Waals surface area contributed by atoms with Gasteiger partial charge in [0.05, 0.1) is 11.9 Å². The molecule has 0 saturated heterocycles. The maximum absolute atomic E-state index is 4.78. The van der Waals surface area contributed by atoms with Crippen molar-refractivity contribution in [1.82, 2.24) is 24.9 Å². The van der Waals surface area contributed by atoms with E-state index in [1.807, 2.05) is 24.8 Å². The third kappa shape index (κ3) is 4.04. The average molecular weight is 475 g/mol. The zero-order valence-electron chi connectivity index (χ0n) is 20.5. The molecule has 0 bridgehead atoms. The molecule has 0 unspecified atom stereocenters. The SMILES string of the molecule is C1=C(c2ccc3cc(-c4ncc(-c5cnc(C6CCCC6)[nH]5)cn4)ncc3c2)CC(C2CCCC2)=N1. The molecular weight excluding hydrogens is 444 g/mol. The predicted molar refractivity (Wildman–Crippen MR) is 144 cm³/mol. The molecule has 6 heteroatoms. The van der Waals surface area contributed by atoms with Crippen LogP contribution in [0, 0.1) is 5.92 Å². The van der Waals surface area contributed by atoms with Crippen molar-refractivity contribution in [3.05, 3.63) is 66.6 Å². The molecule has 0 radical (unpaired) electrons. The maximum Gasteiger partial charge on any atom is 0.178 e. The Labute approximate surface area is 211 Å². The summed E-state index contributed by atoms with van der Waals surface area (Å²) in [6.45, 7) is 0. The topological polar surface area (TPSA) is 79.7 Å². The Hall–Kier alpha value is -3.67. The van der Waals surface area contributed by atoms with Crippen LogP contribution in [0.3, 0.4) is 0 Å². The molecule has 0 spiro atoms. The van der Waals surface area contributed by atoms with Crippen LogP contribution in [0.4, 0.5) is 0 Å². The lowest BCUT2D eigenvalue weighted by Gasteiger charge is -2.10. The Morgan fingerprint density at radius 3 is 2.28 bits per heavy atom. The van der Waals surface area contributed by atoms with Gasteiger partial charge < -0.3 is 4.98 Å². The summed E-state index contributed by atoms with van der Waals surface area (Å²) in [5.41, 5.74) is 6.64. The van der Waals surface area contributed by atoms with E-state index >= 15 is 0 Å². The number of imidazole rings is 1. The van der Waals surface area contributed by atoms with Crippen LogP contribution >= 0.6 is 0 Å². The van der Waals surface area contributed by atoms with Crippen LogP contribution in [-0.2, 0) is 0 Å². The van der Waals surface area contributed by atoms with Crippen molar-refractivity contribution in [2.45, 2.75) is 63.7 Å². The maximum atomic E-state index is 4.78. The van der Waals surface area contributed by atoms with E-state index < -0.39 is 0 Å². The van der Waals surface area contributed by atoms with Crippen LogP contribution in [0.15, 0.2) is 60.2 Å². The lowest BCUT2D eigenvalue weighted by molar-refractivity contribution is 0.679. The molecule has 2 aliphatic carbocycles.